The van der Waals surface area contributed by atoms with Gasteiger partial charge in [-0.25, -0.2) is 4.79 Å². The largest absolute Gasteiger partial charge is 0.465 e. The second kappa shape index (κ2) is 8.97. The van der Waals surface area contributed by atoms with Crippen molar-refractivity contribution in [2.45, 2.75) is 13.0 Å². The Balaban J connectivity index is 1.52. The SMILES string of the molecule is COC(=O)c1ccc(-c2ccc(CCNCc3ccccc3)cc2)cc1. The number of methoxy groups -OCH3 is 1. The zero-order valence-corrected chi connectivity index (χ0v) is 14.9. The lowest BCUT2D eigenvalue weighted by atomic mass is 10.0. The number of esters is 1. The van der Waals surface area contributed by atoms with Crippen molar-refractivity contribution < 1.29 is 9.53 Å². The second-order valence-corrected chi connectivity index (χ2v) is 6.18. The zero-order chi connectivity index (χ0) is 18.2. The van der Waals surface area contributed by atoms with E-state index in [-0.39, 0.29) is 5.97 Å². The molecule has 26 heavy (non-hydrogen) atoms. The van der Waals surface area contributed by atoms with Gasteiger partial charge in [0.25, 0.3) is 0 Å². The van der Waals surface area contributed by atoms with Gasteiger partial charge in [0, 0.05) is 6.54 Å². The fourth-order valence-corrected chi connectivity index (χ4v) is 2.84. The van der Waals surface area contributed by atoms with Crippen LogP contribution in [-0.2, 0) is 17.7 Å². The number of hydrogen-bond acceptors (Lipinski definition) is 3. The molecule has 3 nitrogen and oxygen atoms in total. The van der Waals surface area contributed by atoms with E-state index < -0.39 is 0 Å². The van der Waals surface area contributed by atoms with Gasteiger partial charge >= 0.3 is 5.97 Å². The van der Waals surface area contributed by atoms with Crippen molar-refractivity contribution >= 4 is 5.97 Å². The number of benzene rings is 3. The van der Waals surface area contributed by atoms with Crippen LogP contribution in [0.1, 0.15) is 21.5 Å². The third-order valence-corrected chi connectivity index (χ3v) is 4.36. The van der Waals surface area contributed by atoms with E-state index in [1.165, 1.54) is 18.2 Å². The second-order valence-electron chi connectivity index (χ2n) is 6.18. The number of carbonyl (C=O) groups excluding carboxylic acids is 1. The topological polar surface area (TPSA) is 38.3 Å². The van der Waals surface area contributed by atoms with Gasteiger partial charge in [0.15, 0.2) is 0 Å². The fraction of sp³-hybridized carbons (Fsp3) is 0.174. The first kappa shape index (κ1) is 17.9. The highest BCUT2D eigenvalue weighted by Gasteiger charge is 2.05. The van der Waals surface area contributed by atoms with E-state index in [1.807, 2.05) is 18.2 Å². The highest BCUT2D eigenvalue weighted by Crippen LogP contribution is 2.20. The van der Waals surface area contributed by atoms with Gasteiger partial charge in [0.1, 0.15) is 0 Å². The number of carbonyl (C=O) groups is 1. The molecule has 0 heterocycles. The van der Waals surface area contributed by atoms with Crippen LogP contribution in [0.15, 0.2) is 78.9 Å². The molecule has 0 atom stereocenters. The molecule has 0 fully saturated rings. The standard InChI is InChI=1S/C23H23NO2/c1-26-23(25)22-13-11-21(12-14-22)20-9-7-18(8-10-20)15-16-24-17-19-5-3-2-4-6-19/h2-14,24H,15-17H2,1H3. The summed E-state index contributed by atoms with van der Waals surface area (Å²) in [5, 5.41) is 3.48. The third-order valence-electron chi connectivity index (χ3n) is 4.36. The fourth-order valence-electron chi connectivity index (χ4n) is 2.84. The Bertz CT molecular complexity index is 824. The highest BCUT2D eigenvalue weighted by molar-refractivity contribution is 5.89. The molecule has 0 amide bonds. The van der Waals surface area contributed by atoms with E-state index in [4.69, 9.17) is 4.74 Å². The molecule has 0 bridgehead atoms. The Morgan fingerprint density at radius 1 is 0.808 bits per heavy atom. The average Bonchev–Trinajstić information content (AvgIpc) is 2.72. The first-order chi connectivity index (χ1) is 12.8. The van der Waals surface area contributed by atoms with Crippen molar-refractivity contribution in [2.75, 3.05) is 13.7 Å². The highest BCUT2D eigenvalue weighted by atomic mass is 16.5. The van der Waals surface area contributed by atoms with Gasteiger partial charge in [0.2, 0.25) is 0 Å². The van der Waals surface area contributed by atoms with E-state index in [2.05, 4.69) is 53.8 Å². The predicted octanol–water partition coefficient (Wildman–Crippen LogP) is 4.47. The molecule has 0 unspecified atom stereocenters. The summed E-state index contributed by atoms with van der Waals surface area (Å²) < 4.78 is 4.73. The third kappa shape index (κ3) is 4.80. The van der Waals surface area contributed by atoms with Gasteiger partial charge in [0.05, 0.1) is 12.7 Å². The number of rotatable bonds is 7. The van der Waals surface area contributed by atoms with Crippen LogP contribution in [-0.4, -0.2) is 19.6 Å². The molecule has 0 aromatic heterocycles. The summed E-state index contributed by atoms with van der Waals surface area (Å²) in [5.41, 5.74) is 5.41. The molecule has 0 radical (unpaired) electrons. The Kier molecular flexibility index (Phi) is 6.18. The molecule has 132 valence electrons. The maximum absolute atomic E-state index is 11.5. The van der Waals surface area contributed by atoms with Crippen molar-refractivity contribution in [1.29, 1.82) is 0 Å². The maximum atomic E-state index is 11.5. The van der Waals surface area contributed by atoms with Crippen LogP contribution in [0.25, 0.3) is 11.1 Å². The van der Waals surface area contributed by atoms with E-state index in [1.54, 1.807) is 12.1 Å². The van der Waals surface area contributed by atoms with Crippen molar-refractivity contribution in [3.05, 3.63) is 95.6 Å². The van der Waals surface area contributed by atoms with Crippen molar-refractivity contribution in [3.8, 4) is 11.1 Å². The Hall–Kier alpha value is -2.91. The summed E-state index contributed by atoms with van der Waals surface area (Å²) in [5.74, 6) is -0.310. The lowest BCUT2D eigenvalue weighted by Gasteiger charge is -2.07. The smallest absolute Gasteiger partial charge is 0.337 e. The Morgan fingerprint density at radius 2 is 1.42 bits per heavy atom. The van der Waals surface area contributed by atoms with Crippen LogP contribution >= 0.6 is 0 Å². The van der Waals surface area contributed by atoms with Crippen LogP contribution in [0.3, 0.4) is 0 Å². The van der Waals surface area contributed by atoms with E-state index in [9.17, 15) is 4.79 Å². The first-order valence-corrected chi connectivity index (χ1v) is 8.78. The minimum atomic E-state index is -0.310. The van der Waals surface area contributed by atoms with Gasteiger partial charge in [-0.2, -0.15) is 0 Å². The number of ether oxygens (including phenoxy) is 1. The Labute approximate surface area is 154 Å². The molecule has 0 aliphatic rings. The van der Waals surface area contributed by atoms with E-state index in [0.717, 1.165) is 30.6 Å². The zero-order valence-electron chi connectivity index (χ0n) is 14.9. The molecule has 1 N–H and O–H groups in total. The predicted molar refractivity (Wildman–Crippen MR) is 105 cm³/mol. The van der Waals surface area contributed by atoms with Crippen molar-refractivity contribution in [1.82, 2.24) is 5.32 Å². The van der Waals surface area contributed by atoms with Gasteiger partial charge in [-0.15, -0.1) is 0 Å². The molecular formula is C23H23NO2. The van der Waals surface area contributed by atoms with E-state index in [0.29, 0.717) is 5.56 Å². The van der Waals surface area contributed by atoms with Crippen LogP contribution in [0, 0.1) is 0 Å². The van der Waals surface area contributed by atoms with Gasteiger partial charge < -0.3 is 10.1 Å². The molecule has 0 aliphatic heterocycles. The number of nitrogens with one attached hydrogen (secondary N) is 1. The van der Waals surface area contributed by atoms with Crippen molar-refractivity contribution in [3.63, 3.8) is 0 Å². The normalized spacial score (nSPS) is 10.5. The number of hydrogen-bond donors (Lipinski definition) is 1. The molecule has 3 rings (SSSR count). The van der Waals surface area contributed by atoms with Crippen LogP contribution < -0.4 is 5.32 Å². The minimum Gasteiger partial charge on any atom is -0.465 e. The molecule has 3 heteroatoms. The molecule has 0 spiro atoms. The molecule has 3 aromatic carbocycles. The molecule has 0 saturated carbocycles. The Morgan fingerprint density at radius 3 is 2.04 bits per heavy atom. The van der Waals surface area contributed by atoms with Crippen molar-refractivity contribution in [2.24, 2.45) is 0 Å². The summed E-state index contributed by atoms with van der Waals surface area (Å²) in [7, 11) is 1.39. The maximum Gasteiger partial charge on any atom is 0.337 e. The molecular weight excluding hydrogens is 322 g/mol. The minimum absolute atomic E-state index is 0.310. The summed E-state index contributed by atoms with van der Waals surface area (Å²) in [6.07, 6.45) is 0.994. The summed E-state index contributed by atoms with van der Waals surface area (Å²) >= 11 is 0. The van der Waals surface area contributed by atoms with Crippen LogP contribution in [0.4, 0.5) is 0 Å². The van der Waals surface area contributed by atoms with Gasteiger partial charge in [-0.05, 0) is 47.4 Å². The summed E-state index contributed by atoms with van der Waals surface area (Å²) in [6.45, 7) is 1.84. The van der Waals surface area contributed by atoms with Gasteiger partial charge in [-0.1, -0.05) is 66.7 Å². The monoisotopic (exact) mass is 345 g/mol. The molecule has 0 saturated heterocycles. The quantitative estimate of drug-likeness (QED) is 0.507. The summed E-state index contributed by atoms with van der Waals surface area (Å²) in [6, 6.07) is 26.5. The molecule has 0 aliphatic carbocycles. The van der Waals surface area contributed by atoms with Crippen LogP contribution in [0.2, 0.25) is 0 Å². The van der Waals surface area contributed by atoms with Crippen LogP contribution in [0.5, 0.6) is 0 Å². The lowest BCUT2D eigenvalue weighted by Crippen LogP contribution is -2.16. The first-order valence-electron chi connectivity index (χ1n) is 8.78. The van der Waals surface area contributed by atoms with Gasteiger partial charge in [-0.3, -0.25) is 0 Å². The molecule has 3 aromatic rings. The lowest BCUT2D eigenvalue weighted by molar-refractivity contribution is 0.0601. The average molecular weight is 345 g/mol. The summed E-state index contributed by atoms with van der Waals surface area (Å²) in [4.78, 5) is 11.5. The van der Waals surface area contributed by atoms with E-state index >= 15 is 0 Å².